The Morgan fingerprint density at radius 1 is 1.09 bits per heavy atom. The lowest BCUT2D eigenvalue weighted by Crippen LogP contribution is -2.45. The lowest BCUT2D eigenvalue weighted by molar-refractivity contribution is -0.152. The summed E-state index contributed by atoms with van der Waals surface area (Å²) in [7, 11) is 0. The average molecular weight is 308 g/mol. The number of rotatable bonds is 4. The van der Waals surface area contributed by atoms with Gasteiger partial charge in [0, 0.05) is 5.56 Å². The van der Waals surface area contributed by atoms with Gasteiger partial charge in [0.15, 0.2) is 5.78 Å². The summed E-state index contributed by atoms with van der Waals surface area (Å²) in [6.45, 7) is 2.06. The molecule has 0 amide bonds. The fourth-order valence-corrected chi connectivity index (χ4v) is 3.33. The average Bonchev–Trinajstić information content (AvgIpc) is 2.59. The third-order valence-electron chi connectivity index (χ3n) is 4.53. The molecule has 3 heteroatoms. The number of fused-ring (bicyclic) bond motifs is 1. The molecule has 0 saturated carbocycles. The molecule has 0 saturated heterocycles. The Hall–Kier alpha value is -2.42. The van der Waals surface area contributed by atoms with Gasteiger partial charge < -0.3 is 4.74 Å². The molecule has 0 fully saturated rings. The van der Waals surface area contributed by atoms with E-state index in [1.165, 1.54) is 0 Å². The SMILES string of the molecule is CCOC(=O)C1(Cc2ccccc2)CCc2ccccc2C1=O. The molecule has 1 aliphatic rings. The van der Waals surface area contributed by atoms with Crippen LogP contribution in [0.5, 0.6) is 0 Å². The second-order valence-corrected chi connectivity index (χ2v) is 5.95. The van der Waals surface area contributed by atoms with E-state index < -0.39 is 11.4 Å². The van der Waals surface area contributed by atoms with Crippen LogP contribution in [0.2, 0.25) is 0 Å². The fraction of sp³-hybridized carbons (Fsp3) is 0.300. The molecule has 2 aromatic rings. The van der Waals surface area contributed by atoms with Crippen molar-refractivity contribution in [1.29, 1.82) is 0 Å². The van der Waals surface area contributed by atoms with Crippen LogP contribution >= 0.6 is 0 Å². The van der Waals surface area contributed by atoms with Gasteiger partial charge in [-0.2, -0.15) is 0 Å². The first kappa shape index (κ1) is 15.5. The Morgan fingerprint density at radius 2 is 1.78 bits per heavy atom. The Labute approximate surface area is 136 Å². The Bertz CT molecular complexity index is 721. The van der Waals surface area contributed by atoms with Crippen LogP contribution in [-0.4, -0.2) is 18.4 Å². The molecule has 23 heavy (non-hydrogen) atoms. The van der Waals surface area contributed by atoms with Gasteiger partial charge in [0.25, 0.3) is 0 Å². The lowest BCUT2D eigenvalue weighted by atomic mass is 9.67. The highest BCUT2D eigenvalue weighted by Crippen LogP contribution is 2.39. The van der Waals surface area contributed by atoms with E-state index in [0.717, 1.165) is 11.1 Å². The quantitative estimate of drug-likeness (QED) is 0.640. The van der Waals surface area contributed by atoms with E-state index in [0.29, 0.717) is 24.8 Å². The van der Waals surface area contributed by atoms with Crippen LogP contribution in [0.4, 0.5) is 0 Å². The van der Waals surface area contributed by atoms with Gasteiger partial charge in [-0.15, -0.1) is 0 Å². The predicted molar refractivity (Wildman–Crippen MR) is 88.3 cm³/mol. The molecule has 0 bridgehead atoms. The van der Waals surface area contributed by atoms with Crippen molar-refractivity contribution < 1.29 is 14.3 Å². The summed E-state index contributed by atoms with van der Waals surface area (Å²) in [4.78, 5) is 25.9. The number of ketones is 1. The summed E-state index contributed by atoms with van der Waals surface area (Å²) in [6, 6.07) is 17.2. The minimum absolute atomic E-state index is 0.110. The number of Topliss-reactive ketones (excluding diaryl/α,β-unsaturated/α-hetero) is 1. The molecule has 1 aliphatic carbocycles. The topological polar surface area (TPSA) is 43.4 Å². The molecule has 0 heterocycles. The molecule has 0 spiro atoms. The molecule has 0 aliphatic heterocycles. The Balaban J connectivity index is 2.03. The summed E-state index contributed by atoms with van der Waals surface area (Å²) in [5.41, 5.74) is 1.55. The van der Waals surface area contributed by atoms with Crippen LogP contribution in [0.1, 0.15) is 34.8 Å². The second-order valence-electron chi connectivity index (χ2n) is 5.95. The smallest absolute Gasteiger partial charge is 0.320 e. The standard InChI is InChI=1S/C20H20O3/c1-2-23-19(22)20(14-15-8-4-3-5-9-15)13-12-16-10-6-7-11-17(16)18(20)21/h3-11H,2,12-14H2,1H3. The minimum atomic E-state index is -1.11. The highest BCUT2D eigenvalue weighted by Gasteiger charge is 2.49. The van der Waals surface area contributed by atoms with Crippen LogP contribution in [0.15, 0.2) is 54.6 Å². The fourth-order valence-electron chi connectivity index (χ4n) is 3.33. The molecule has 1 atom stereocenters. The van der Waals surface area contributed by atoms with Crippen molar-refractivity contribution in [2.75, 3.05) is 6.61 Å². The highest BCUT2D eigenvalue weighted by molar-refractivity contribution is 6.14. The third kappa shape index (κ3) is 2.79. The van der Waals surface area contributed by atoms with E-state index >= 15 is 0 Å². The van der Waals surface area contributed by atoms with Gasteiger partial charge >= 0.3 is 5.97 Å². The number of benzene rings is 2. The first-order chi connectivity index (χ1) is 11.2. The minimum Gasteiger partial charge on any atom is -0.465 e. The summed E-state index contributed by atoms with van der Waals surface area (Å²) in [5.74, 6) is -0.509. The zero-order valence-corrected chi connectivity index (χ0v) is 13.2. The molecule has 0 N–H and O–H groups in total. The van der Waals surface area contributed by atoms with Gasteiger partial charge in [-0.05, 0) is 37.3 Å². The largest absolute Gasteiger partial charge is 0.465 e. The van der Waals surface area contributed by atoms with Crippen molar-refractivity contribution in [1.82, 2.24) is 0 Å². The highest BCUT2D eigenvalue weighted by atomic mass is 16.5. The van der Waals surface area contributed by atoms with Gasteiger partial charge in [-0.1, -0.05) is 54.6 Å². The van der Waals surface area contributed by atoms with Crippen molar-refractivity contribution in [2.45, 2.75) is 26.2 Å². The van der Waals surface area contributed by atoms with Gasteiger partial charge in [-0.3, -0.25) is 9.59 Å². The molecule has 1 unspecified atom stereocenters. The van der Waals surface area contributed by atoms with Crippen LogP contribution in [0.3, 0.4) is 0 Å². The zero-order chi connectivity index (χ0) is 16.3. The van der Waals surface area contributed by atoms with Crippen molar-refractivity contribution in [3.63, 3.8) is 0 Å². The maximum atomic E-state index is 13.2. The number of aryl methyl sites for hydroxylation is 1. The molecule has 0 radical (unpaired) electrons. The molecule has 3 rings (SSSR count). The summed E-state index contributed by atoms with van der Waals surface area (Å²) >= 11 is 0. The zero-order valence-electron chi connectivity index (χ0n) is 13.2. The summed E-state index contributed by atoms with van der Waals surface area (Å²) in [6.07, 6.45) is 1.60. The maximum Gasteiger partial charge on any atom is 0.320 e. The monoisotopic (exact) mass is 308 g/mol. The first-order valence-corrected chi connectivity index (χ1v) is 8.01. The number of ether oxygens (including phenoxy) is 1. The van der Waals surface area contributed by atoms with Crippen molar-refractivity contribution in [3.8, 4) is 0 Å². The van der Waals surface area contributed by atoms with Crippen molar-refractivity contribution in [2.24, 2.45) is 5.41 Å². The number of hydrogen-bond acceptors (Lipinski definition) is 3. The number of hydrogen-bond donors (Lipinski definition) is 0. The molecule has 2 aromatic carbocycles. The van der Waals surface area contributed by atoms with Crippen molar-refractivity contribution >= 4 is 11.8 Å². The lowest BCUT2D eigenvalue weighted by Gasteiger charge is -2.34. The third-order valence-corrected chi connectivity index (χ3v) is 4.53. The summed E-state index contributed by atoms with van der Waals surface area (Å²) < 4.78 is 5.28. The Kier molecular flexibility index (Phi) is 4.28. The predicted octanol–water partition coefficient (Wildman–Crippen LogP) is 3.61. The molecular weight excluding hydrogens is 288 g/mol. The first-order valence-electron chi connectivity index (χ1n) is 8.01. The van der Waals surface area contributed by atoms with E-state index in [9.17, 15) is 9.59 Å². The molecule has 118 valence electrons. The normalized spacial score (nSPS) is 20.0. The van der Waals surface area contributed by atoms with Gasteiger partial charge in [0.05, 0.1) is 6.61 Å². The van der Waals surface area contributed by atoms with Crippen LogP contribution in [0.25, 0.3) is 0 Å². The van der Waals surface area contributed by atoms with E-state index in [2.05, 4.69) is 0 Å². The van der Waals surface area contributed by atoms with Gasteiger partial charge in [-0.25, -0.2) is 0 Å². The van der Waals surface area contributed by atoms with E-state index in [-0.39, 0.29) is 12.4 Å². The van der Waals surface area contributed by atoms with Gasteiger partial charge in [0.2, 0.25) is 0 Å². The molecular formula is C20H20O3. The number of esters is 1. The number of carbonyl (C=O) groups excluding carboxylic acids is 2. The van der Waals surface area contributed by atoms with Crippen LogP contribution < -0.4 is 0 Å². The number of carbonyl (C=O) groups is 2. The molecule has 0 aromatic heterocycles. The van der Waals surface area contributed by atoms with Gasteiger partial charge in [0.1, 0.15) is 5.41 Å². The van der Waals surface area contributed by atoms with E-state index in [1.807, 2.05) is 54.6 Å². The second kappa shape index (κ2) is 6.37. The van der Waals surface area contributed by atoms with Crippen LogP contribution in [0, 0.1) is 5.41 Å². The van der Waals surface area contributed by atoms with E-state index in [4.69, 9.17) is 4.74 Å². The molecule has 3 nitrogen and oxygen atoms in total. The summed E-state index contributed by atoms with van der Waals surface area (Å²) in [5, 5.41) is 0. The Morgan fingerprint density at radius 3 is 2.52 bits per heavy atom. The maximum absolute atomic E-state index is 13.2. The van der Waals surface area contributed by atoms with Crippen molar-refractivity contribution in [3.05, 3.63) is 71.3 Å². The van der Waals surface area contributed by atoms with E-state index in [1.54, 1.807) is 6.92 Å². The van der Waals surface area contributed by atoms with Crippen LogP contribution in [-0.2, 0) is 22.4 Å².